The minimum atomic E-state index is -4.87. The monoisotopic (exact) mass is 643 g/mol. The van der Waals surface area contributed by atoms with Crippen LogP contribution in [0.4, 0.5) is 23.5 Å². The van der Waals surface area contributed by atoms with Gasteiger partial charge in [-0.3, -0.25) is 0 Å². The standard InChI is InChI=1S/C32H29F4N3O5S/c1-42-25-12-9-21(29(13-25)43-2)18-39(32-37-16-24(34)17-38-32)45(40,41)31-15-27(35)30(14-28(31)36)44-19-22-5-3-4-6-26(22)20-7-10-23(33)11-8-20/h6-17,22H,3-5,18-19H2,1-2H3. The summed E-state index contributed by atoms with van der Waals surface area (Å²) in [5, 5.41) is 0. The third-order valence-electron chi connectivity index (χ3n) is 7.37. The maximum Gasteiger partial charge on any atom is 0.270 e. The van der Waals surface area contributed by atoms with Crippen LogP contribution < -0.4 is 18.5 Å². The number of benzene rings is 3. The summed E-state index contributed by atoms with van der Waals surface area (Å²) in [6.07, 6.45) is 5.90. The third-order valence-corrected chi connectivity index (χ3v) is 9.11. The molecule has 1 unspecified atom stereocenters. The van der Waals surface area contributed by atoms with Gasteiger partial charge in [-0.2, -0.15) is 0 Å². The summed E-state index contributed by atoms with van der Waals surface area (Å²) in [4.78, 5) is 6.54. The number of hydrogen-bond donors (Lipinski definition) is 0. The number of ether oxygens (including phenoxy) is 3. The average Bonchev–Trinajstić information content (AvgIpc) is 3.04. The first-order valence-electron chi connectivity index (χ1n) is 13.9. The molecule has 13 heteroatoms. The van der Waals surface area contributed by atoms with Gasteiger partial charge in [-0.1, -0.05) is 18.2 Å². The molecule has 5 rings (SSSR count). The zero-order valence-corrected chi connectivity index (χ0v) is 25.2. The molecule has 4 aromatic rings. The first kappa shape index (κ1) is 31.8. The normalized spacial score (nSPS) is 14.9. The molecule has 0 fully saturated rings. The SMILES string of the molecule is COc1ccc(CN(c2ncc(F)cn2)S(=O)(=O)c2cc(F)c(OCC3CCCC=C3c3ccc(F)cc3)cc2F)c(OC)c1. The zero-order chi connectivity index (χ0) is 32.1. The number of sulfonamides is 1. The number of halogens is 4. The number of anilines is 1. The van der Waals surface area contributed by atoms with E-state index < -0.39 is 50.6 Å². The number of rotatable bonds is 11. The van der Waals surface area contributed by atoms with E-state index in [1.807, 2.05) is 6.08 Å². The number of allylic oxidation sites excluding steroid dienone is 1. The van der Waals surface area contributed by atoms with Gasteiger partial charge in [0.15, 0.2) is 17.4 Å². The Balaban J connectivity index is 1.44. The fourth-order valence-electron chi connectivity index (χ4n) is 5.08. The summed E-state index contributed by atoms with van der Waals surface area (Å²) in [7, 11) is -2.06. The van der Waals surface area contributed by atoms with Crippen molar-refractivity contribution >= 4 is 21.5 Å². The minimum Gasteiger partial charge on any atom is -0.497 e. The highest BCUT2D eigenvalue weighted by Gasteiger charge is 2.33. The Morgan fingerprint density at radius 3 is 2.29 bits per heavy atom. The highest BCUT2D eigenvalue weighted by molar-refractivity contribution is 7.92. The summed E-state index contributed by atoms with van der Waals surface area (Å²) in [6, 6.07) is 11.8. The summed E-state index contributed by atoms with van der Waals surface area (Å²) in [6.45, 7) is -0.487. The largest absolute Gasteiger partial charge is 0.497 e. The van der Waals surface area contributed by atoms with Gasteiger partial charge in [0.1, 0.15) is 28.0 Å². The van der Waals surface area contributed by atoms with Crippen LogP contribution in [0.3, 0.4) is 0 Å². The molecular formula is C32H29F4N3O5S. The van der Waals surface area contributed by atoms with Crippen molar-refractivity contribution in [2.45, 2.75) is 30.7 Å². The highest BCUT2D eigenvalue weighted by atomic mass is 32.2. The third kappa shape index (κ3) is 7.03. The molecule has 1 aliphatic carbocycles. The van der Waals surface area contributed by atoms with Gasteiger partial charge in [0.05, 0.1) is 39.8 Å². The van der Waals surface area contributed by atoms with Gasteiger partial charge in [0.2, 0.25) is 5.95 Å². The van der Waals surface area contributed by atoms with Crippen molar-refractivity contribution in [2.24, 2.45) is 5.92 Å². The molecule has 0 N–H and O–H groups in total. The first-order valence-corrected chi connectivity index (χ1v) is 15.3. The highest BCUT2D eigenvalue weighted by Crippen LogP contribution is 2.35. The van der Waals surface area contributed by atoms with Crippen molar-refractivity contribution in [1.29, 1.82) is 0 Å². The molecule has 0 aliphatic heterocycles. The van der Waals surface area contributed by atoms with Crippen molar-refractivity contribution in [3.63, 3.8) is 0 Å². The van der Waals surface area contributed by atoms with Gasteiger partial charge >= 0.3 is 0 Å². The molecule has 0 saturated heterocycles. The Hall–Kier alpha value is -4.65. The smallest absolute Gasteiger partial charge is 0.270 e. The molecule has 0 amide bonds. The van der Waals surface area contributed by atoms with E-state index in [2.05, 4.69) is 9.97 Å². The van der Waals surface area contributed by atoms with Gasteiger partial charge in [-0.05, 0) is 54.7 Å². The van der Waals surface area contributed by atoms with E-state index in [9.17, 15) is 17.2 Å². The van der Waals surface area contributed by atoms with Gasteiger partial charge in [-0.15, -0.1) is 0 Å². The number of methoxy groups -OCH3 is 2. The minimum absolute atomic E-state index is 0.0154. The fourth-order valence-corrected chi connectivity index (χ4v) is 6.49. The summed E-state index contributed by atoms with van der Waals surface area (Å²) in [5.74, 6) is -4.05. The summed E-state index contributed by atoms with van der Waals surface area (Å²) in [5.41, 5.74) is 2.02. The molecule has 236 valence electrons. The second kappa shape index (κ2) is 13.6. The van der Waals surface area contributed by atoms with Crippen LogP contribution in [-0.4, -0.2) is 39.2 Å². The second-order valence-electron chi connectivity index (χ2n) is 10.2. The molecule has 1 aliphatic rings. The van der Waals surface area contributed by atoms with E-state index in [1.165, 1.54) is 38.5 Å². The Morgan fingerprint density at radius 2 is 1.60 bits per heavy atom. The molecule has 45 heavy (non-hydrogen) atoms. The van der Waals surface area contributed by atoms with E-state index in [0.29, 0.717) is 34.2 Å². The lowest BCUT2D eigenvalue weighted by atomic mass is 9.84. The lowest BCUT2D eigenvalue weighted by molar-refractivity contribution is 0.255. The fraction of sp³-hybridized carbons (Fsp3) is 0.250. The van der Waals surface area contributed by atoms with E-state index >= 15 is 8.78 Å². The van der Waals surface area contributed by atoms with Crippen molar-refractivity contribution in [1.82, 2.24) is 9.97 Å². The van der Waals surface area contributed by atoms with Crippen molar-refractivity contribution < 1.29 is 40.2 Å². The lowest BCUT2D eigenvalue weighted by Crippen LogP contribution is -2.33. The number of aromatic nitrogens is 2. The lowest BCUT2D eigenvalue weighted by Gasteiger charge is -2.25. The molecule has 1 heterocycles. The Bertz CT molecular complexity index is 1800. The zero-order valence-electron chi connectivity index (χ0n) is 24.3. The molecule has 8 nitrogen and oxygen atoms in total. The van der Waals surface area contributed by atoms with Crippen molar-refractivity contribution in [2.75, 3.05) is 25.1 Å². The van der Waals surface area contributed by atoms with Crippen LogP contribution >= 0.6 is 0 Å². The van der Waals surface area contributed by atoms with Crippen molar-refractivity contribution in [3.05, 3.63) is 107 Å². The van der Waals surface area contributed by atoms with Gasteiger partial charge in [0, 0.05) is 29.7 Å². The molecule has 1 aromatic heterocycles. The maximum atomic E-state index is 15.6. The van der Waals surface area contributed by atoms with Crippen LogP contribution in [0, 0.1) is 29.2 Å². The molecule has 3 aromatic carbocycles. The van der Waals surface area contributed by atoms with Crippen LogP contribution in [0.15, 0.2) is 78.0 Å². The number of hydrogen-bond acceptors (Lipinski definition) is 7. The van der Waals surface area contributed by atoms with Crippen molar-refractivity contribution in [3.8, 4) is 17.2 Å². The van der Waals surface area contributed by atoms with E-state index in [0.717, 1.165) is 36.4 Å². The summed E-state index contributed by atoms with van der Waals surface area (Å²) >= 11 is 0. The van der Waals surface area contributed by atoms with Gasteiger partial charge < -0.3 is 14.2 Å². The van der Waals surface area contributed by atoms with E-state index in [-0.39, 0.29) is 24.1 Å². The van der Waals surface area contributed by atoms with Crippen LogP contribution in [0.2, 0.25) is 0 Å². The van der Waals surface area contributed by atoms with Crippen LogP contribution in [0.5, 0.6) is 17.2 Å². The van der Waals surface area contributed by atoms with Crippen LogP contribution in [0.25, 0.3) is 5.57 Å². The van der Waals surface area contributed by atoms with Gasteiger partial charge in [-0.25, -0.2) is 40.3 Å². The Labute approximate surface area is 258 Å². The summed E-state index contributed by atoms with van der Waals surface area (Å²) < 4.78 is 103. The molecule has 1 atom stereocenters. The van der Waals surface area contributed by atoms with E-state index in [4.69, 9.17) is 14.2 Å². The topological polar surface area (TPSA) is 90.9 Å². The Kier molecular flexibility index (Phi) is 9.57. The van der Waals surface area contributed by atoms with Crippen LogP contribution in [0.1, 0.15) is 30.4 Å². The molecule has 0 saturated carbocycles. The van der Waals surface area contributed by atoms with E-state index in [1.54, 1.807) is 18.2 Å². The molecule has 0 spiro atoms. The average molecular weight is 644 g/mol. The molecular weight excluding hydrogens is 614 g/mol. The van der Waals surface area contributed by atoms with Gasteiger partial charge in [0.25, 0.3) is 10.0 Å². The predicted octanol–water partition coefficient (Wildman–Crippen LogP) is 6.71. The quantitative estimate of drug-likeness (QED) is 0.168. The Morgan fingerprint density at radius 1 is 0.867 bits per heavy atom. The molecule has 0 radical (unpaired) electrons. The first-order chi connectivity index (χ1) is 21.6. The maximum absolute atomic E-state index is 15.6. The van der Waals surface area contributed by atoms with Crippen LogP contribution in [-0.2, 0) is 16.6 Å². The number of nitrogens with zero attached hydrogens (tertiary/aromatic N) is 3. The second-order valence-corrected chi connectivity index (χ2v) is 12.0. The molecule has 0 bridgehead atoms. The predicted molar refractivity (Wildman–Crippen MR) is 158 cm³/mol.